The normalized spacial score (nSPS) is 12.8. The Bertz CT molecular complexity index is 753. The summed E-state index contributed by atoms with van der Waals surface area (Å²) in [5.41, 5.74) is 2.09. The largest absolute Gasteiger partial charge is 0.497 e. The lowest BCUT2D eigenvalue weighted by molar-refractivity contribution is -0.141. The van der Waals surface area contributed by atoms with Gasteiger partial charge in [0, 0.05) is 17.3 Å². The second kappa shape index (κ2) is 11.7. The summed E-state index contributed by atoms with van der Waals surface area (Å²) < 4.78 is 5.12. The molecule has 2 aromatic rings. The molecule has 0 unspecified atom stereocenters. The lowest BCUT2D eigenvalue weighted by Crippen LogP contribution is -2.46. The highest BCUT2D eigenvalue weighted by Gasteiger charge is 2.24. The van der Waals surface area contributed by atoms with Gasteiger partial charge in [-0.3, -0.25) is 4.79 Å². The van der Waals surface area contributed by atoms with E-state index in [-0.39, 0.29) is 17.6 Å². The standard InChI is InChI=1S/C21H25NO4S2/c1-26-18-9-7-16(8-10-18)13-28-14-19(21(24)25)22-20(23)17(12-27)11-15-5-3-2-4-6-15/h2-10,17,19,27H,11-14H2,1H3,(H,22,23)(H,24,25)/t17-,19-/m0/s1. The van der Waals surface area contributed by atoms with Gasteiger partial charge in [0.15, 0.2) is 0 Å². The molecule has 0 fully saturated rings. The molecular weight excluding hydrogens is 394 g/mol. The van der Waals surface area contributed by atoms with Crippen LogP contribution in [-0.2, 0) is 21.8 Å². The van der Waals surface area contributed by atoms with Gasteiger partial charge in [0.2, 0.25) is 5.91 Å². The number of thiol groups is 1. The van der Waals surface area contributed by atoms with Gasteiger partial charge in [0.25, 0.3) is 0 Å². The molecule has 2 N–H and O–H groups in total. The summed E-state index contributed by atoms with van der Waals surface area (Å²) in [6, 6.07) is 16.3. The van der Waals surface area contributed by atoms with Gasteiger partial charge in [0.1, 0.15) is 11.8 Å². The molecule has 2 rings (SSSR count). The fourth-order valence-corrected chi connectivity index (χ4v) is 3.92. The van der Waals surface area contributed by atoms with Gasteiger partial charge < -0.3 is 15.2 Å². The molecule has 2 aromatic carbocycles. The van der Waals surface area contributed by atoms with Crippen molar-refractivity contribution in [2.45, 2.75) is 18.2 Å². The smallest absolute Gasteiger partial charge is 0.327 e. The molecule has 0 radical (unpaired) electrons. The Hall–Kier alpha value is -2.12. The van der Waals surface area contributed by atoms with Crippen LogP contribution in [0.5, 0.6) is 5.75 Å². The number of methoxy groups -OCH3 is 1. The minimum atomic E-state index is -1.03. The number of thioether (sulfide) groups is 1. The molecule has 0 aliphatic heterocycles. The Balaban J connectivity index is 1.87. The number of aliphatic carboxylic acids is 1. The summed E-state index contributed by atoms with van der Waals surface area (Å²) in [6.07, 6.45) is 0.529. The summed E-state index contributed by atoms with van der Waals surface area (Å²) in [6.45, 7) is 0. The van der Waals surface area contributed by atoms with E-state index in [1.54, 1.807) is 7.11 Å². The van der Waals surface area contributed by atoms with E-state index >= 15 is 0 Å². The Kier molecular flexibility index (Phi) is 9.23. The van der Waals surface area contributed by atoms with E-state index in [4.69, 9.17) is 4.74 Å². The van der Waals surface area contributed by atoms with Crippen molar-refractivity contribution < 1.29 is 19.4 Å². The summed E-state index contributed by atoms with van der Waals surface area (Å²) in [4.78, 5) is 24.1. The highest BCUT2D eigenvalue weighted by atomic mass is 32.2. The SMILES string of the molecule is COc1ccc(CSC[C@H](NC(=O)[C@H](CS)Cc2ccccc2)C(=O)O)cc1. The van der Waals surface area contributed by atoms with Crippen molar-refractivity contribution in [3.8, 4) is 5.75 Å². The van der Waals surface area contributed by atoms with Gasteiger partial charge in [-0.05, 0) is 29.7 Å². The third kappa shape index (κ3) is 7.13. The third-order valence-electron chi connectivity index (χ3n) is 4.24. The molecule has 0 heterocycles. The van der Waals surface area contributed by atoms with Crippen LogP contribution in [0.4, 0.5) is 0 Å². The number of ether oxygens (including phenoxy) is 1. The molecule has 2 atom stereocenters. The zero-order chi connectivity index (χ0) is 20.4. The number of carboxylic acid groups (broad SMARTS) is 1. The van der Waals surface area contributed by atoms with Gasteiger partial charge in [0.05, 0.1) is 13.0 Å². The number of carbonyl (C=O) groups excluding carboxylic acids is 1. The maximum absolute atomic E-state index is 12.6. The van der Waals surface area contributed by atoms with Crippen LogP contribution in [0.15, 0.2) is 54.6 Å². The third-order valence-corrected chi connectivity index (χ3v) is 5.79. The summed E-state index contributed by atoms with van der Waals surface area (Å²) >= 11 is 5.74. The van der Waals surface area contributed by atoms with Crippen molar-refractivity contribution in [3.05, 3.63) is 65.7 Å². The van der Waals surface area contributed by atoms with E-state index in [1.165, 1.54) is 11.8 Å². The van der Waals surface area contributed by atoms with Crippen LogP contribution in [0.3, 0.4) is 0 Å². The minimum absolute atomic E-state index is 0.281. The summed E-state index contributed by atoms with van der Waals surface area (Å²) in [7, 11) is 1.61. The Morgan fingerprint density at radius 3 is 2.36 bits per heavy atom. The minimum Gasteiger partial charge on any atom is -0.497 e. The molecule has 0 aliphatic rings. The monoisotopic (exact) mass is 419 g/mol. The lowest BCUT2D eigenvalue weighted by atomic mass is 10.00. The van der Waals surface area contributed by atoms with Crippen molar-refractivity contribution >= 4 is 36.3 Å². The average molecular weight is 420 g/mol. The molecule has 0 saturated carbocycles. The molecule has 0 spiro atoms. The van der Waals surface area contributed by atoms with E-state index in [0.29, 0.717) is 17.9 Å². The number of amides is 1. The van der Waals surface area contributed by atoms with E-state index in [0.717, 1.165) is 16.9 Å². The summed E-state index contributed by atoms with van der Waals surface area (Å²) in [5, 5.41) is 12.1. The van der Waals surface area contributed by atoms with E-state index in [1.807, 2.05) is 54.6 Å². The number of rotatable bonds is 11. The molecule has 0 aliphatic carbocycles. The Morgan fingerprint density at radius 1 is 1.11 bits per heavy atom. The van der Waals surface area contributed by atoms with Crippen LogP contribution >= 0.6 is 24.4 Å². The van der Waals surface area contributed by atoms with Gasteiger partial charge in [-0.25, -0.2) is 4.79 Å². The van der Waals surface area contributed by atoms with Gasteiger partial charge in [-0.15, -0.1) is 0 Å². The predicted molar refractivity (Wildman–Crippen MR) is 116 cm³/mol. The molecular formula is C21H25NO4S2. The second-order valence-corrected chi connectivity index (χ2v) is 7.73. The van der Waals surface area contributed by atoms with Crippen molar-refractivity contribution in [1.82, 2.24) is 5.32 Å². The van der Waals surface area contributed by atoms with Crippen molar-refractivity contribution in [2.75, 3.05) is 18.6 Å². The van der Waals surface area contributed by atoms with Crippen LogP contribution in [-0.4, -0.2) is 41.6 Å². The summed E-state index contributed by atoms with van der Waals surface area (Å²) in [5.74, 6) is 0.386. The number of benzene rings is 2. The molecule has 0 bridgehead atoms. The highest BCUT2D eigenvalue weighted by Crippen LogP contribution is 2.18. The van der Waals surface area contributed by atoms with Gasteiger partial charge in [-0.2, -0.15) is 24.4 Å². The first-order valence-corrected chi connectivity index (χ1v) is 10.7. The Labute approximate surface area is 175 Å². The maximum Gasteiger partial charge on any atom is 0.327 e. The molecule has 150 valence electrons. The number of carboxylic acids is 1. The van der Waals surface area contributed by atoms with Gasteiger partial charge in [-0.1, -0.05) is 42.5 Å². The first kappa shape index (κ1) is 22.2. The topological polar surface area (TPSA) is 75.6 Å². The van der Waals surface area contributed by atoms with E-state index in [9.17, 15) is 14.7 Å². The van der Waals surface area contributed by atoms with Crippen molar-refractivity contribution in [1.29, 1.82) is 0 Å². The maximum atomic E-state index is 12.6. The molecule has 0 saturated heterocycles. The first-order valence-electron chi connectivity index (χ1n) is 8.92. The van der Waals surface area contributed by atoms with E-state index in [2.05, 4.69) is 17.9 Å². The lowest BCUT2D eigenvalue weighted by Gasteiger charge is -2.19. The zero-order valence-electron chi connectivity index (χ0n) is 15.7. The fourth-order valence-electron chi connectivity index (χ4n) is 2.62. The van der Waals surface area contributed by atoms with Crippen LogP contribution in [0.25, 0.3) is 0 Å². The highest BCUT2D eigenvalue weighted by molar-refractivity contribution is 7.98. The molecule has 0 aromatic heterocycles. The molecule has 28 heavy (non-hydrogen) atoms. The van der Waals surface area contributed by atoms with Crippen molar-refractivity contribution in [3.63, 3.8) is 0 Å². The average Bonchev–Trinajstić information content (AvgIpc) is 2.72. The number of hydrogen-bond donors (Lipinski definition) is 3. The molecule has 5 nitrogen and oxygen atoms in total. The van der Waals surface area contributed by atoms with Gasteiger partial charge >= 0.3 is 5.97 Å². The Morgan fingerprint density at radius 2 is 1.79 bits per heavy atom. The predicted octanol–water partition coefficient (Wildman–Crippen LogP) is 3.29. The van der Waals surface area contributed by atoms with Crippen LogP contribution in [0.1, 0.15) is 11.1 Å². The van der Waals surface area contributed by atoms with Crippen LogP contribution < -0.4 is 10.1 Å². The quantitative estimate of drug-likeness (QED) is 0.488. The second-order valence-electron chi connectivity index (χ2n) is 6.33. The van der Waals surface area contributed by atoms with Crippen LogP contribution in [0.2, 0.25) is 0 Å². The molecule has 7 heteroatoms. The van der Waals surface area contributed by atoms with Crippen molar-refractivity contribution in [2.24, 2.45) is 5.92 Å². The molecule has 1 amide bonds. The zero-order valence-corrected chi connectivity index (χ0v) is 17.4. The first-order chi connectivity index (χ1) is 13.5. The van der Waals surface area contributed by atoms with Crippen LogP contribution in [0, 0.1) is 5.92 Å². The number of carbonyl (C=O) groups is 2. The number of hydrogen-bond acceptors (Lipinski definition) is 5. The number of nitrogens with one attached hydrogen (secondary N) is 1. The van der Waals surface area contributed by atoms with E-state index < -0.39 is 12.0 Å². The fraction of sp³-hybridized carbons (Fsp3) is 0.333.